The van der Waals surface area contributed by atoms with E-state index in [1.165, 1.54) is 6.07 Å². The fourth-order valence-electron chi connectivity index (χ4n) is 1.49. The molecule has 0 radical (unpaired) electrons. The number of benzene rings is 1. The highest BCUT2D eigenvalue weighted by molar-refractivity contribution is 5.79. The molecule has 0 aliphatic carbocycles. The maximum absolute atomic E-state index is 13.7. The van der Waals surface area contributed by atoms with E-state index >= 15 is 0 Å². The summed E-state index contributed by atoms with van der Waals surface area (Å²) in [6.07, 6.45) is 0.464. The van der Waals surface area contributed by atoms with Gasteiger partial charge in [0.15, 0.2) is 17.3 Å². The van der Waals surface area contributed by atoms with E-state index in [9.17, 15) is 9.18 Å². The molecule has 0 bridgehead atoms. The van der Waals surface area contributed by atoms with Gasteiger partial charge in [0.25, 0.3) is 0 Å². The third-order valence-electron chi connectivity index (χ3n) is 2.77. The van der Waals surface area contributed by atoms with Gasteiger partial charge in [-0.05, 0) is 23.6 Å². The van der Waals surface area contributed by atoms with E-state index in [2.05, 4.69) is 0 Å². The third kappa shape index (κ3) is 5.39. The summed E-state index contributed by atoms with van der Waals surface area (Å²) in [6, 6.07) is 4.97. The molecule has 0 aliphatic heterocycles. The van der Waals surface area contributed by atoms with Gasteiger partial charge >= 0.3 is 0 Å². The van der Waals surface area contributed by atoms with Crippen molar-refractivity contribution in [2.45, 2.75) is 33.1 Å². The van der Waals surface area contributed by atoms with Gasteiger partial charge in [-0.2, -0.15) is 0 Å². The van der Waals surface area contributed by atoms with Gasteiger partial charge < -0.3 is 9.47 Å². The molecule has 0 saturated heterocycles. The zero-order valence-corrected chi connectivity index (χ0v) is 11.7. The smallest absolute Gasteiger partial charge is 0.165 e. The zero-order chi connectivity index (χ0) is 14.3. The van der Waals surface area contributed by atoms with Gasteiger partial charge in [-0.25, -0.2) is 4.39 Å². The van der Waals surface area contributed by atoms with Crippen LogP contribution in [0.15, 0.2) is 18.2 Å². The molecule has 0 saturated carbocycles. The number of carbonyl (C=O) groups is 1. The SMILES string of the molecule is CCC(=O)COCCOc1ccc(C(C)C)cc1F. The Kier molecular flexibility index (Phi) is 6.50. The van der Waals surface area contributed by atoms with Crippen molar-refractivity contribution in [3.8, 4) is 5.75 Å². The molecule has 1 rings (SSSR count). The molecule has 0 N–H and O–H groups in total. The Morgan fingerprint density at radius 2 is 2.05 bits per heavy atom. The molecule has 0 heterocycles. The van der Waals surface area contributed by atoms with Crippen molar-refractivity contribution in [1.82, 2.24) is 0 Å². The summed E-state index contributed by atoms with van der Waals surface area (Å²) in [5, 5.41) is 0. The first-order valence-corrected chi connectivity index (χ1v) is 6.56. The highest BCUT2D eigenvalue weighted by Gasteiger charge is 2.07. The number of hydrogen-bond acceptors (Lipinski definition) is 3. The van der Waals surface area contributed by atoms with Gasteiger partial charge in [0.05, 0.1) is 6.61 Å². The molecule has 3 nitrogen and oxygen atoms in total. The second-order valence-electron chi connectivity index (χ2n) is 4.64. The van der Waals surface area contributed by atoms with E-state index in [-0.39, 0.29) is 43.1 Å². The number of ketones is 1. The van der Waals surface area contributed by atoms with Gasteiger partial charge in [-0.3, -0.25) is 4.79 Å². The second kappa shape index (κ2) is 7.89. The zero-order valence-electron chi connectivity index (χ0n) is 11.7. The molecule has 19 heavy (non-hydrogen) atoms. The van der Waals surface area contributed by atoms with Gasteiger partial charge in [-0.1, -0.05) is 26.8 Å². The first-order valence-electron chi connectivity index (χ1n) is 6.56. The summed E-state index contributed by atoms with van der Waals surface area (Å²) < 4.78 is 24.1. The summed E-state index contributed by atoms with van der Waals surface area (Å²) >= 11 is 0. The number of ether oxygens (including phenoxy) is 2. The van der Waals surface area contributed by atoms with Gasteiger partial charge in [0.2, 0.25) is 0 Å². The number of hydrogen-bond donors (Lipinski definition) is 0. The highest BCUT2D eigenvalue weighted by Crippen LogP contribution is 2.22. The summed E-state index contributed by atoms with van der Waals surface area (Å²) in [6.45, 7) is 6.40. The van der Waals surface area contributed by atoms with E-state index in [1.807, 2.05) is 19.9 Å². The molecule has 0 unspecified atom stereocenters. The predicted molar refractivity (Wildman–Crippen MR) is 72.1 cm³/mol. The number of rotatable bonds is 8. The molecule has 1 aromatic carbocycles. The summed E-state index contributed by atoms with van der Waals surface area (Å²) in [7, 11) is 0. The summed E-state index contributed by atoms with van der Waals surface area (Å²) in [4.78, 5) is 11.0. The average molecular weight is 268 g/mol. The Morgan fingerprint density at radius 3 is 2.63 bits per heavy atom. The van der Waals surface area contributed by atoms with Crippen LogP contribution in [0.3, 0.4) is 0 Å². The van der Waals surface area contributed by atoms with Crippen molar-refractivity contribution in [3.05, 3.63) is 29.6 Å². The highest BCUT2D eigenvalue weighted by atomic mass is 19.1. The molecule has 0 aromatic heterocycles. The number of halogens is 1. The minimum Gasteiger partial charge on any atom is -0.488 e. The largest absolute Gasteiger partial charge is 0.488 e. The monoisotopic (exact) mass is 268 g/mol. The molecule has 1 aromatic rings. The lowest BCUT2D eigenvalue weighted by Gasteiger charge is -2.10. The molecule has 4 heteroatoms. The molecule has 0 spiro atoms. The molecule has 0 atom stereocenters. The normalized spacial score (nSPS) is 10.8. The lowest BCUT2D eigenvalue weighted by atomic mass is 10.0. The lowest BCUT2D eigenvalue weighted by Crippen LogP contribution is -2.13. The Labute approximate surface area is 113 Å². The number of Topliss-reactive ketones (excluding diaryl/α,β-unsaturated/α-hetero) is 1. The fourth-order valence-corrected chi connectivity index (χ4v) is 1.49. The van der Waals surface area contributed by atoms with Crippen LogP contribution in [-0.2, 0) is 9.53 Å². The van der Waals surface area contributed by atoms with Gasteiger partial charge in [0, 0.05) is 6.42 Å². The van der Waals surface area contributed by atoms with Crippen LogP contribution < -0.4 is 4.74 Å². The molecule has 0 fully saturated rings. The van der Waals surface area contributed by atoms with Crippen molar-refractivity contribution in [3.63, 3.8) is 0 Å². The van der Waals surface area contributed by atoms with Crippen LogP contribution in [0.5, 0.6) is 5.75 Å². The van der Waals surface area contributed by atoms with Crippen molar-refractivity contribution < 1.29 is 18.7 Å². The van der Waals surface area contributed by atoms with E-state index in [4.69, 9.17) is 9.47 Å². The predicted octanol–water partition coefficient (Wildman–Crippen LogP) is 3.32. The molecular formula is C15H21FO3. The topological polar surface area (TPSA) is 35.5 Å². The Bertz CT molecular complexity index is 416. The quantitative estimate of drug-likeness (QED) is 0.678. The van der Waals surface area contributed by atoms with Crippen molar-refractivity contribution in [1.29, 1.82) is 0 Å². The molecule has 0 amide bonds. The minimum atomic E-state index is -0.365. The number of carbonyl (C=O) groups excluding carboxylic acids is 1. The summed E-state index contributed by atoms with van der Waals surface area (Å²) in [5.41, 5.74) is 0.939. The average Bonchev–Trinajstić information content (AvgIpc) is 2.39. The second-order valence-corrected chi connectivity index (χ2v) is 4.64. The van der Waals surface area contributed by atoms with E-state index in [0.29, 0.717) is 6.42 Å². The minimum absolute atomic E-state index is 0.0486. The Hall–Kier alpha value is -1.42. The maximum atomic E-state index is 13.7. The van der Waals surface area contributed by atoms with Crippen LogP contribution in [0.4, 0.5) is 4.39 Å². The summed E-state index contributed by atoms with van der Waals surface area (Å²) in [5.74, 6) is 0.185. The van der Waals surface area contributed by atoms with E-state index in [1.54, 1.807) is 13.0 Å². The standard InChI is InChI=1S/C15H21FO3/c1-4-13(17)10-18-7-8-19-15-6-5-12(11(2)3)9-14(15)16/h5-6,9,11H,4,7-8,10H2,1-3H3. The van der Waals surface area contributed by atoms with Crippen molar-refractivity contribution >= 4 is 5.78 Å². The van der Waals surface area contributed by atoms with E-state index < -0.39 is 0 Å². The fraction of sp³-hybridized carbons (Fsp3) is 0.533. The van der Waals surface area contributed by atoms with Crippen LogP contribution in [0.25, 0.3) is 0 Å². The Balaban J connectivity index is 2.35. The van der Waals surface area contributed by atoms with E-state index in [0.717, 1.165) is 5.56 Å². The van der Waals surface area contributed by atoms with Crippen molar-refractivity contribution in [2.24, 2.45) is 0 Å². The van der Waals surface area contributed by atoms with Crippen LogP contribution in [0.1, 0.15) is 38.7 Å². The third-order valence-corrected chi connectivity index (χ3v) is 2.77. The molecule has 0 aliphatic rings. The first kappa shape index (κ1) is 15.6. The Morgan fingerprint density at radius 1 is 1.32 bits per heavy atom. The van der Waals surface area contributed by atoms with Crippen molar-refractivity contribution in [2.75, 3.05) is 19.8 Å². The molecule has 106 valence electrons. The van der Waals surface area contributed by atoms with Gasteiger partial charge in [0.1, 0.15) is 13.2 Å². The van der Waals surface area contributed by atoms with Crippen LogP contribution in [-0.4, -0.2) is 25.6 Å². The van der Waals surface area contributed by atoms with Crippen LogP contribution in [0.2, 0.25) is 0 Å². The van der Waals surface area contributed by atoms with Crippen LogP contribution >= 0.6 is 0 Å². The maximum Gasteiger partial charge on any atom is 0.165 e. The van der Waals surface area contributed by atoms with Crippen LogP contribution in [0, 0.1) is 5.82 Å². The van der Waals surface area contributed by atoms with Gasteiger partial charge in [-0.15, -0.1) is 0 Å². The first-order chi connectivity index (χ1) is 9.04. The lowest BCUT2D eigenvalue weighted by molar-refractivity contribution is -0.123. The molecular weight excluding hydrogens is 247 g/mol.